The molecule has 0 spiro atoms. The number of nitrogens with one attached hydrogen (secondary N) is 2. The van der Waals surface area contributed by atoms with Gasteiger partial charge >= 0.3 is 6.36 Å². The molecular formula is C23H28ClF3N2O3. The molecule has 9 heteroatoms. The number of methoxy groups -OCH3 is 1. The highest BCUT2D eigenvalue weighted by molar-refractivity contribution is 5.85. The van der Waals surface area contributed by atoms with Gasteiger partial charge in [0.2, 0.25) is 5.91 Å². The largest absolute Gasteiger partial charge is 0.573 e. The molecule has 1 aliphatic rings. The molecule has 0 saturated heterocycles. The Morgan fingerprint density at radius 3 is 2.22 bits per heavy atom. The minimum absolute atomic E-state index is 0. The number of hydrogen-bond acceptors (Lipinski definition) is 4. The molecule has 0 heterocycles. The summed E-state index contributed by atoms with van der Waals surface area (Å²) in [5, 5.41) is 6.27. The predicted molar refractivity (Wildman–Crippen MR) is 119 cm³/mol. The van der Waals surface area contributed by atoms with Crippen LogP contribution in [0.3, 0.4) is 0 Å². The predicted octanol–water partition coefficient (Wildman–Crippen LogP) is 5.08. The number of hydrogen-bond donors (Lipinski definition) is 2. The standard InChI is InChI=1S/C23H27F3N2O3.ClH/c1-27-19-8-3-16(4-9-19)22(29)28-14-18-13-17(7-12-21(18)30-2)15-5-10-20(11-6-15)31-23(24,25)26;/h5-7,10-13,16,19,27H,3-4,8-9,14H2,1-2H3,(H,28,29);1H. The van der Waals surface area contributed by atoms with Crippen molar-refractivity contribution in [3.63, 3.8) is 0 Å². The molecule has 1 fully saturated rings. The number of ether oxygens (including phenoxy) is 2. The average molecular weight is 473 g/mol. The summed E-state index contributed by atoms with van der Waals surface area (Å²) in [4.78, 5) is 12.6. The second-order valence-corrected chi connectivity index (χ2v) is 7.65. The van der Waals surface area contributed by atoms with Crippen LogP contribution >= 0.6 is 12.4 Å². The Bertz CT molecular complexity index is 883. The fourth-order valence-electron chi connectivity index (χ4n) is 3.92. The van der Waals surface area contributed by atoms with Crippen LogP contribution < -0.4 is 20.1 Å². The molecule has 2 aromatic rings. The van der Waals surface area contributed by atoms with Crippen LogP contribution in [0.1, 0.15) is 31.2 Å². The Morgan fingerprint density at radius 2 is 1.66 bits per heavy atom. The zero-order valence-corrected chi connectivity index (χ0v) is 18.8. The molecule has 0 aliphatic heterocycles. The molecule has 176 valence electrons. The summed E-state index contributed by atoms with van der Waals surface area (Å²) >= 11 is 0. The van der Waals surface area contributed by atoms with E-state index < -0.39 is 6.36 Å². The zero-order valence-electron chi connectivity index (χ0n) is 18.0. The first kappa shape index (κ1) is 25.8. The van der Waals surface area contributed by atoms with E-state index >= 15 is 0 Å². The summed E-state index contributed by atoms with van der Waals surface area (Å²) in [6.45, 7) is 0.317. The van der Waals surface area contributed by atoms with Gasteiger partial charge in [-0.15, -0.1) is 25.6 Å². The number of carbonyl (C=O) groups is 1. The fourth-order valence-corrected chi connectivity index (χ4v) is 3.92. The van der Waals surface area contributed by atoms with Gasteiger partial charge in [-0.25, -0.2) is 0 Å². The summed E-state index contributed by atoms with van der Waals surface area (Å²) in [5.74, 6) is 0.417. The first-order valence-electron chi connectivity index (χ1n) is 10.3. The second-order valence-electron chi connectivity index (χ2n) is 7.65. The fraction of sp³-hybridized carbons (Fsp3) is 0.435. The quantitative estimate of drug-likeness (QED) is 0.590. The van der Waals surface area contributed by atoms with Gasteiger partial charge < -0.3 is 20.1 Å². The number of halogens is 4. The molecule has 1 amide bonds. The van der Waals surface area contributed by atoms with Gasteiger partial charge in [0.1, 0.15) is 11.5 Å². The van der Waals surface area contributed by atoms with Gasteiger partial charge in [-0.1, -0.05) is 18.2 Å². The van der Waals surface area contributed by atoms with Crippen molar-refractivity contribution >= 4 is 18.3 Å². The minimum Gasteiger partial charge on any atom is -0.496 e. The van der Waals surface area contributed by atoms with Crippen LogP contribution in [0, 0.1) is 5.92 Å². The lowest BCUT2D eigenvalue weighted by Gasteiger charge is -2.27. The highest BCUT2D eigenvalue weighted by Gasteiger charge is 2.31. The number of rotatable bonds is 7. The summed E-state index contributed by atoms with van der Waals surface area (Å²) in [7, 11) is 3.50. The van der Waals surface area contributed by atoms with Crippen molar-refractivity contribution in [1.82, 2.24) is 10.6 Å². The van der Waals surface area contributed by atoms with Gasteiger partial charge in [0.25, 0.3) is 0 Å². The first-order valence-corrected chi connectivity index (χ1v) is 10.3. The summed E-state index contributed by atoms with van der Waals surface area (Å²) in [6, 6.07) is 11.6. The van der Waals surface area contributed by atoms with Crippen molar-refractivity contribution < 1.29 is 27.4 Å². The number of benzene rings is 2. The van der Waals surface area contributed by atoms with Crippen molar-refractivity contribution in [3.05, 3.63) is 48.0 Å². The molecule has 32 heavy (non-hydrogen) atoms. The Kier molecular flexibility index (Phi) is 9.21. The van der Waals surface area contributed by atoms with Crippen LogP contribution in [0.4, 0.5) is 13.2 Å². The zero-order chi connectivity index (χ0) is 22.4. The highest BCUT2D eigenvalue weighted by Crippen LogP contribution is 2.30. The minimum atomic E-state index is -4.72. The summed E-state index contributed by atoms with van der Waals surface area (Å²) in [6.07, 6.45) is -1.02. The monoisotopic (exact) mass is 472 g/mol. The molecule has 0 atom stereocenters. The molecule has 1 aliphatic carbocycles. The Morgan fingerprint density at radius 1 is 1.03 bits per heavy atom. The lowest BCUT2D eigenvalue weighted by atomic mass is 9.85. The van der Waals surface area contributed by atoms with Crippen molar-refractivity contribution in [2.45, 2.75) is 44.6 Å². The lowest BCUT2D eigenvalue weighted by molar-refractivity contribution is -0.274. The van der Waals surface area contributed by atoms with Crippen LogP contribution in [0.25, 0.3) is 11.1 Å². The van der Waals surface area contributed by atoms with Crippen LogP contribution in [0.5, 0.6) is 11.5 Å². The van der Waals surface area contributed by atoms with E-state index in [0.717, 1.165) is 42.4 Å². The highest BCUT2D eigenvalue weighted by atomic mass is 35.5. The van der Waals surface area contributed by atoms with Crippen LogP contribution in [-0.2, 0) is 11.3 Å². The Hall–Kier alpha value is -2.45. The molecule has 2 N–H and O–H groups in total. The second kappa shape index (κ2) is 11.4. The van der Waals surface area contributed by atoms with Crippen LogP contribution in [0.15, 0.2) is 42.5 Å². The molecule has 0 bridgehead atoms. The van der Waals surface area contributed by atoms with Crippen molar-refractivity contribution in [1.29, 1.82) is 0 Å². The van der Waals surface area contributed by atoms with Gasteiger partial charge in [-0.3, -0.25) is 4.79 Å². The van der Waals surface area contributed by atoms with Gasteiger partial charge in [0, 0.05) is 24.1 Å². The van der Waals surface area contributed by atoms with E-state index in [1.807, 2.05) is 19.2 Å². The van der Waals surface area contributed by atoms with Gasteiger partial charge in [-0.05, 0) is 68.1 Å². The van der Waals surface area contributed by atoms with Crippen molar-refractivity contribution in [2.75, 3.05) is 14.2 Å². The smallest absolute Gasteiger partial charge is 0.496 e. The van der Waals surface area contributed by atoms with Crippen molar-refractivity contribution in [2.24, 2.45) is 5.92 Å². The molecule has 1 saturated carbocycles. The van der Waals surface area contributed by atoms with Crippen LogP contribution in [0.2, 0.25) is 0 Å². The van der Waals surface area contributed by atoms with Gasteiger partial charge in [-0.2, -0.15) is 0 Å². The summed E-state index contributed by atoms with van der Waals surface area (Å²) < 4.78 is 46.4. The SMILES string of the molecule is CNC1CCC(C(=O)NCc2cc(-c3ccc(OC(F)(F)F)cc3)ccc2OC)CC1.Cl. The molecule has 3 rings (SSSR count). The lowest BCUT2D eigenvalue weighted by Crippen LogP contribution is -2.37. The van der Waals surface area contributed by atoms with E-state index in [9.17, 15) is 18.0 Å². The number of alkyl halides is 3. The molecule has 0 unspecified atom stereocenters. The average Bonchev–Trinajstić information content (AvgIpc) is 2.76. The number of carbonyl (C=O) groups excluding carboxylic acids is 1. The topological polar surface area (TPSA) is 59.6 Å². The van der Waals surface area contributed by atoms with E-state index in [0.29, 0.717) is 18.3 Å². The molecule has 0 radical (unpaired) electrons. The van der Waals surface area contributed by atoms with Gasteiger partial charge in [0.05, 0.1) is 7.11 Å². The molecule has 5 nitrogen and oxygen atoms in total. The van der Waals surface area contributed by atoms with Crippen LogP contribution in [-0.4, -0.2) is 32.5 Å². The third-order valence-electron chi connectivity index (χ3n) is 5.66. The van der Waals surface area contributed by atoms with E-state index in [4.69, 9.17) is 4.74 Å². The third-order valence-corrected chi connectivity index (χ3v) is 5.66. The maximum atomic E-state index is 12.6. The van der Waals surface area contributed by atoms with E-state index in [2.05, 4.69) is 15.4 Å². The number of amides is 1. The first-order chi connectivity index (χ1) is 14.8. The van der Waals surface area contributed by atoms with E-state index in [1.54, 1.807) is 25.3 Å². The maximum Gasteiger partial charge on any atom is 0.573 e. The third kappa shape index (κ3) is 7.03. The normalized spacial score (nSPS) is 18.4. The molecule has 2 aromatic carbocycles. The van der Waals surface area contributed by atoms with E-state index in [-0.39, 0.29) is 30.0 Å². The van der Waals surface area contributed by atoms with Crippen molar-refractivity contribution in [3.8, 4) is 22.6 Å². The Balaban J connectivity index is 0.00000363. The van der Waals surface area contributed by atoms with E-state index in [1.165, 1.54) is 12.1 Å². The Labute approximate surface area is 192 Å². The maximum absolute atomic E-state index is 12.6. The van der Waals surface area contributed by atoms with Gasteiger partial charge in [0.15, 0.2) is 0 Å². The molecule has 0 aromatic heterocycles. The summed E-state index contributed by atoms with van der Waals surface area (Å²) in [5.41, 5.74) is 2.33. The molecular weight excluding hydrogens is 445 g/mol.